The van der Waals surface area contributed by atoms with Crippen LogP contribution in [0.5, 0.6) is 0 Å². The van der Waals surface area contributed by atoms with Crippen LogP contribution in [0.15, 0.2) is 0 Å². The molecule has 0 aromatic heterocycles. The fourth-order valence-electron chi connectivity index (χ4n) is 0.163. The van der Waals surface area contributed by atoms with Crippen molar-refractivity contribution in [3.63, 3.8) is 0 Å². The zero-order valence-corrected chi connectivity index (χ0v) is 6.84. The molecule has 0 saturated heterocycles. The molecule has 68 valence electrons. The molecule has 0 aliphatic rings. The van der Waals surface area contributed by atoms with Crippen molar-refractivity contribution in [3.8, 4) is 0 Å². The summed E-state index contributed by atoms with van der Waals surface area (Å²) in [4.78, 5) is 0. The Balaban J connectivity index is 4.64. The van der Waals surface area contributed by atoms with Gasteiger partial charge in [-0.1, -0.05) is 0 Å². The maximum absolute atomic E-state index is 11.9. The van der Waals surface area contributed by atoms with E-state index >= 15 is 0 Å². The second-order valence-corrected chi connectivity index (χ2v) is 4.49. The maximum atomic E-state index is 11.9. The first-order valence-corrected chi connectivity index (χ1v) is 4.72. The molecule has 0 saturated carbocycles. The van der Waals surface area contributed by atoms with Crippen LogP contribution in [0.1, 0.15) is 6.92 Å². The van der Waals surface area contributed by atoms with Crippen LogP contribution >= 0.6 is 0 Å². The summed E-state index contributed by atoms with van der Waals surface area (Å²) < 4.78 is 64.3. The molecule has 5 nitrogen and oxygen atoms in total. The number of alkyl halides is 2. The normalized spacial score (nSPS) is 16.4. The predicted octanol–water partition coefficient (Wildman–Crippen LogP) is -0.687. The third-order valence-corrected chi connectivity index (χ3v) is 3.02. The molecule has 0 aromatic rings. The second-order valence-electron chi connectivity index (χ2n) is 1.63. The van der Waals surface area contributed by atoms with E-state index in [9.17, 15) is 26.0 Å². The summed E-state index contributed by atoms with van der Waals surface area (Å²) in [7, 11) is -5.09. The van der Waals surface area contributed by atoms with Gasteiger partial charge in [0.25, 0.3) is 10.0 Å². The van der Waals surface area contributed by atoms with Gasteiger partial charge >= 0.3 is 5.25 Å². The number of halogens is 2. The highest BCUT2D eigenvalue weighted by molar-refractivity contribution is 8.00. The molecule has 0 fully saturated rings. The molecule has 0 heterocycles. The Bertz CT molecular complexity index is 254. The van der Waals surface area contributed by atoms with Gasteiger partial charge in [-0.05, 0) is 0 Å². The number of hydrogen-bond acceptors (Lipinski definition) is 4. The molecule has 0 aliphatic heterocycles. The summed E-state index contributed by atoms with van der Waals surface area (Å²) in [5, 5.41) is -4.10. The second kappa shape index (κ2) is 3.09. The maximum Gasteiger partial charge on any atom is 0.357 e. The summed E-state index contributed by atoms with van der Waals surface area (Å²) in [5.41, 5.74) is 0. The summed E-state index contributed by atoms with van der Waals surface area (Å²) >= 11 is -3.25. The van der Waals surface area contributed by atoms with Crippen LogP contribution in [0.2, 0.25) is 0 Å². The zero-order chi connectivity index (χ0) is 9.28. The molecule has 0 aliphatic carbocycles. The van der Waals surface area contributed by atoms with Gasteiger partial charge in [0, 0.05) is 18.2 Å². The van der Waals surface area contributed by atoms with E-state index < -0.39 is 26.5 Å². The first-order chi connectivity index (χ1) is 4.67. The Labute approximate surface area is 64.3 Å². The van der Waals surface area contributed by atoms with E-state index in [-0.39, 0.29) is 6.92 Å². The van der Waals surface area contributed by atoms with E-state index in [0.29, 0.717) is 4.13 Å². The highest BCUT2D eigenvalue weighted by atomic mass is 32.3. The third-order valence-electron chi connectivity index (χ3n) is 0.650. The molecule has 0 rings (SSSR count). The minimum absolute atomic E-state index is 0.0716. The number of rotatable bonds is 3. The molecule has 0 amide bonds. The standard InChI is InChI=1S/C2H5F2NO4S2/c1-2(3,4)11(8,9)5-10(6)7/h5H,1H3,(H,6,7)/p-1. The Morgan fingerprint density at radius 3 is 2.00 bits per heavy atom. The van der Waals surface area contributed by atoms with Crippen molar-refractivity contribution < 1.29 is 26.0 Å². The van der Waals surface area contributed by atoms with Crippen LogP contribution in [-0.4, -0.2) is 22.4 Å². The summed E-state index contributed by atoms with van der Waals surface area (Å²) in [6.07, 6.45) is 0. The first-order valence-electron chi connectivity index (χ1n) is 2.16. The van der Waals surface area contributed by atoms with E-state index in [2.05, 4.69) is 0 Å². The summed E-state index contributed by atoms with van der Waals surface area (Å²) in [5.74, 6) is 0. The van der Waals surface area contributed by atoms with Gasteiger partial charge in [-0.15, -0.1) is 4.13 Å². The first kappa shape index (κ1) is 10.9. The van der Waals surface area contributed by atoms with Crippen molar-refractivity contribution in [3.05, 3.63) is 0 Å². The fourth-order valence-corrected chi connectivity index (χ4v) is 1.46. The van der Waals surface area contributed by atoms with E-state index in [1.54, 1.807) is 0 Å². The predicted molar refractivity (Wildman–Crippen MR) is 31.6 cm³/mol. The number of nitrogens with one attached hydrogen (secondary N) is 1. The van der Waals surface area contributed by atoms with E-state index in [4.69, 9.17) is 0 Å². The zero-order valence-electron chi connectivity index (χ0n) is 5.21. The van der Waals surface area contributed by atoms with Gasteiger partial charge in [-0.25, -0.2) is 8.42 Å². The summed E-state index contributed by atoms with van der Waals surface area (Å²) in [6, 6.07) is 0. The van der Waals surface area contributed by atoms with Gasteiger partial charge in [0.1, 0.15) is 0 Å². The topological polar surface area (TPSA) is 86.3 Å². The number of sulfonamides is 1. The SMILES string of the molecule is CC(F)(F)S(=O)(=O)NS(=O)[O-]. The minimum atomic E-state index is -5.09. The van der Waals surface area contributed by atoms with Crippen molar-refractivity contribution in [2.45, 2.75) is 12.2 Å². The molecule has 0 bridgehead atoms. The van der Waals surface area contributed by atoms with Crippen molar-refractivity contribution in [2.24, 2.45) is 0 Å². The van der Waals surface area contributed by atoms with Crippen LogP contribution in [0.3, 0.4) is 0 Å². The lowest BCUT2D eigenvalue weighted by molar-refractivity contribution is 0.113. The lowest BCUT2D eigenvalue weighted by atomic mass is 10.9. The average molecular weight is 208 g/mol. The molecule has 1 atom stereocenters. The van der Waals surface area contributed by atoms with Crippen molar-refractivity contribution in [1.82, 2.24) is 4.13 Å². The smallest absolute Gasteiger partial charge is 0.357 e. The molecule has 11 heavy (non-hydrogen) atoms. The van der Waals surface area contributed by atoms with Gasteiger partial charge in [-0.3, -0.25) is 4.21 Å². The Hall–Kier alpha value is -0.120. The lowest BCUT2D eigenvalue weighted by Crippen LogP contribution is -2.38. The van der Waals surface area contributed by atoms with E-state index in [0.717, 1.165) is 0 Å². The van der Waals surface area contributed by atoms with Gasteiger partial charge in [-0.2, -0.15) is 8.78 Å². The number of hydrogen-bond donors (Lipinski definition) is 1. The monoisotopic (exact) mass is 208 g/mol. The molecule has 0 aromatic carbocycles. The van der Waals surface area contributed by atoms with Gasteiger partial charge in [0.05, 0.1) is 0 Å². The molecule has 0 spiro atoms. The molecule has 1 N–H and O–H groups in total. The average Bonchev–Trinajstić information content (AvgIpc) is 1.56. The quantitative estimate of drug-likeness (QED) is 0.622. The van der Waals surface area contributed by atoms with Crippen LogP contribution in [0, 0.1) is 0 Å². The van der Waals surface area contributed by atoms with Crippen LogP contribution in [-0.2, 0) is 21.3 Å². The molecule has 0 radical (unpaired) electrons. The Morgan fingerprint density at radius 2 is 1.91 bits per heavy atom. The summed E-state index contributed by atoms with van der Waals surface area (Å²) in [6.45, 7) is 0.0716. The Kier molecular flexibility index (Phi) is 3.06. The Morgan fingerprint density at radius 1 is 1.55 bits per heavy atom. The molecular formula is C2H4F2NO4S2-. The van der Waals surface area contributed by atoms with Gasteiger partial charge in [0.15, 0.2) is 0 Å². The van der Waals surface area contributed by atoms with Gasteiger partial charge in [0.2, 0.25) is 0 Å². The van der Waals surface area contributed by atoms with Crippen molar-refractivity contribution in [1.29, 1.82) is 0 Å². The van der Waals surface area contributed by atoms with Crippen LogP contribution < -0.4 is 4.13 Å². The third kappa shape index (κ3) is 3.18. The lowest BCUT2D eigenvalue weighted by Gasteiger charge is -2.13. The highest BCUT2D eigenvalue weighted by Gasteiger charge is 2.39. The molecule has 9 heteroatoms. The van der Waals surface area contributed by atoms with Gasteiger partial charge < -0.3 is 4.55 Å². The van der Waals surface area contributed by atoms with E-state index in [1.165, 1.54) is 0 Å². The minimum Gasteiger partial charge on any atom is -0.759 e. The molecular weight excluding hydrogens is 204 g/mol. The fraction of sp³-hybridized carbons (Fsp3) is 1.00. The van der Waals surface area contributed by atoms with E-state index in [1.807, 2.05) is 0 Å². The van der Waals surface area contributed by atoms with Crippen molar-refractivity contribution >= 4 is 21.3 Å². The van der Waals surface area contributed by atoms with Crippen molar-refractivity contribution in [2.75, 3.05) is 0 Å². The van der Waals surface area contributed by atoms with Crippen LogP contribution in [0.4, 0.5) is 8.78 Å². The van der Waals surface area contributed by atoms with Crippen LogP contribution in [0.25, 0.3) is 0 Å². The largest absolute Gasteiger partial charge is 0.759 e. The molecule has 1 unspecified atom stereocenters. The highest BCUT2D eigenvalue weighted by Crippen LogP contribution is 2.18.